The summed E-state index contributed by atoms with van der Waals surface area (Å²) >= 11 is 0. The molecule has 1 aliphatic heterocycles. The van der Waals surface area contributed by atoms with E-state index in [0.29, 0.717) is 24.2 Å². The molecule has 1 unspecified atom stereocenters. The molecule has 3 rings (SSSR count). The summed E-state index contributed by atoms with van der Waals surface area (Å²) in [4.78, 5) is 24.6. The first-order valence-corrected chi connectivity index (χ1v) is 11.8. The van der Waals surface area contributed by atoms with Gasteiger partial charge in [0.05, 0.1) is 17.4 Å². The number of hydrogen-bond acceptors (Lipinski definition) is 6. The van der Waals surface area contributed by atoms with Gasteiger partial charge in [-0.2, -0.15) is 4.31 Å². The molecule has 0 aliphatic carbocycles. The van der Waals surface area contributed by atoms with Gasteiger partial charge in [0.1, 0.15) is 12.4 Å². The molecule has 1 heterocycles. The van der Waals surface area contributed by atoms with Crippen LogP contribution in [0.2, 0.25) is 0 Å². The van der Waals surface area contributed by atoms with Crippen LogP contribution in [0, 0.1) is 11.7 Å². The minimum absolute atomic E-state index is 0.0129. The van der Waals surface area contributed by atoms with E-state index in [4.69, 9.17) is 9.47 Å². The maximum absolute atomic E-state index is 13.2. The van der Waals surface area contributed by atoms with E-state index in [-0.39, 0.29) is 37.1 Å². The fourth-order valence-electron chi connectivity index (χ4n) is 3.42. The molecule has 0 spiro atoms. The molecule has 0 radical (unpaired) electrons. The number of sulfonamides is 1. The lowest BCUT2D eigenvalue weighted by Gasteiger charge is -2.31. The number of methoxy groups -OCH3 is 1. The Morgan fingerprint density at radius 3 is 2.48 bits per heavy atom. The van der Waals surface area contributed by atoms with Crippen LogP contribution in [0.5, 0.6) is 0 Å². The Kier molecular flexibility index (Phi) is 8.37. The summed E-state index contributed by atoms with van der Waals surface area (Å²) in [7, 11) is -2.33. The van der Waals surface area contributed by atoms with Gasteiger partial charge in [-0.05, 0) is 55.3 Å². The zero-order valence-corrected chi connectivity index (χ0v) is 18.9. The fraction of sp³-hybridized carbons (Fsp3) is 0.364. The van der Waals surface area contributed by atoms with Gasteiger partial charge in [-0.15, -0.1) is 0 Å². The van der Waals surface area contributed by atoms with E-state index in [9.17, 15) is 22.4 Å². The monoisotopic (exact) mass is 479 g/mol. The Bertz CT molecular complexity index is 1080. The van der Waals surface area contributed by atoms with Gasteiger partial charge in [0, 0.05) is 31.6 Å². The second kappa shape index (κ2) is 11.2. The number of carbonyl (C=O) groups excluding carboxylic acids is 2. The molecular formula is C22H26FN3O6S. The molecule has 2 aromatic carbocycles. The number of rotatable bonds is 8. The van der Waals surface area contributed by atoms with Gasteiger partial charge in [-0.3, -0.25) is 10.1 Å². The van der Waals surface area contributed by atoms with Crippen molar-refractivity contribution in [3.63, 3.8) is 0 Å². The number of ether oxygens (including phenoxy) is 2. The van der Waals surface area contributed by atoms with Crippen LogP contribution in [0.4, 0.5) is 20.6 Å². The maximum atomic E-state index is 13.2. The second-order valence-corrected chi connectivity index (χ2v) is 9.42. The molecule has 11 heteroatoms. The van der Waals surface area contributed by atoms with Crippen molar-refractivity contribution in [3.8, 4) is 0 Å². The number of anilines is 2. The van der Waals surface area contributed by atoms with Gasteiger partial charge in [0.2, 0.25) is 15.9 Å². The van der Waals surface area contributed by atoms with E-state index < -0.39 is 27.9 Å². The number of nitrogens with one attached hydrogen (secondary N) is 2. The van der Waals surface area contributed by atoms with Crippen molar-refractivity contribution in [2.24, 2.45) is 5.92 Å². The molecule has 0 aromatic heterocycles. The van der Waals surface area contributed by atoms with Crippen LogP contribution in [-0.2, 0) is 24.3 Å². The van der Waals surface area contributed by atoms with Crippen molar-refractivity contribution in [1.82, 2.24) is 4.31 Å². The highest BCUT2D eigenvalue weighted by atomic mass is 32.2. The van der Waals surface area contributed by atoms with Crippen LogP contribution < -0.4 is 10.6 Å². The number of hydrogen-bond donors (Lipinski definition) is 2. The first-order chi connectivity index (χ1) is 15.8. The third-order valence-corrected chi connectivity index (χ3v) is 6.98. The van der Waals surface area contributed by atoms with E-state index in [1.807, 2.05) is 0 Å². The fourth-order valence-corrected chi connectivity index (χ4v) is 4.94. The molecule has 0 bridgehead atoms. The molecule has 0 saturated carbocycles. The smallest absolute Gasteiger partial charge is 0.411 e. The van der Waals surface area contributed by atoms with E-state index in [0.717, 1.165) is 12.1 Å². The Morgan fingerprint density at radius 1 is 1.09 bits per heavy atom. The van der Waals surface area contributed by atoms with Gasteiger partial charge < -0.3 is 14.8 Å². The van der Waals surface area contributed by atoms with E-state index >= 15 is 0 Å². The van der Waals surface area contributed by atoms with Crippen LogP contribution in [0.3, 0.4) is 0 Å². The van der Waals surface area contributed by atoms with Gasteiger partial charge >= 0.3 is 6.09 Å². The largest absolute Gasteiger partial charge is 0.447 e. The van der Waals surface area contributed by atoms with Crippen LogP contribution in [0.25, 0.3) is 0 Å². The zero-order chi connectivity index (χ0) is 23.8. The molecule has 2 amide bonds. The van der Waals surface area contributed by atoms with Crippen LogP contribution in [-0.4, -0.2) is 58.1 Å². The topological polar surface area (TPSA) is 114 Å². The van der Waals surface area contributed by atoms with E-state index in [2.05, 4.69) is 10.6 Å². The predicted octanol–water partition coefficient (Wildman–Crippen LogP) is 3.06. The van der Waals surface area contributed by atoms with Crippen molar-refractivity contribution in [2.45, 2.75) is 17.7 Å². The Hall–Kier alpha value is -3.02. The van der Waals surface area contributed by atoms with Crippen LogP contribution >= 0.6 is 0 Å². The summed E-state index contributed by atoms with van der Waals surface area (Å²) < 4.78 is 49.9. The number of carbonyl (C=O) groups is 2. The number of nitrogens with zero attached hydrogens (tertiary/aromatic N) is 1. The minimum Gasteiger partial charge on any atom is -0.447 e. The van der Waals surface area contributed by atoms with E-state index in [1.54, 1.807) is 24.3 Å². The lowest BCUT2D eigenvalue weighted by molar-refractivity contribution is -0.120. The van der Waals surface area contributed by atoms with Crippen molar-refractivity contribution in [1.29, 1.82) is 0 Å². The third-order valence-electron chi connectivity index (χ3n) is 5.10. The minimum atomic E-state index is -3.83. The van der Waals surface area contributed by atoms with E-state index in [1.165, 1.54) is 23.5 Å². The molecule has 1 aliphatic rings. The Balaban J connectivity index is 1.61. The van der Waals surface area contributed by atoms with Crippen molar-refractivity contribution in [3.05, 3.63) is 54.3 Å². The standard InChI is InChI=1S/C22H26FN3O6S/c1-31-12-13-32-22(28)25-19-6-2-5-18(14-19)24-21(27)16-4-3-11-26(15-16)33(29,30)20-9-7-17(23)8-10-20/h2,5-10,14,16H,3-4,11-13,15H2,1H3,(H,24,27)(H,25,28). The lowest BCUT2D eigenvalue weighted by Crippen LogP contribution is -2.43. The number of benzene rings is 2. The number of piperidine rings is 1. The molecule has 1 fully saturated rings. The van der Waals surface area contributed by atoms with Gasteiger partial charge in [0.15, 0.2) is 0 Å². The molecule has 2 aromatic rings. The summed E-state index contributed by atoms with van der Waals surface area (Å²) in [5.74, 6) is -1.40. The summed E-state index contributed by atoms with van der Waals surface area (Å²) in [6.45, 7) is 0.694. The first-order valence-electron chi connectivity index (χ1n) is 10.4. The second-order valence-electron chi connectivity index (χ2n) is 7.48. The van der Waals surface area contributed by atoms with Crippen molar-refractivity contribution < 1.29 is 31.9 Å². The quantitative estimate of drug-likeness (QED) is 0.563. The molecule has 33 heavy (non-hydrogen) atoms. The molecule has 178 valence electrons. The van der Waals surface area contributed by atoms with Crippen LogP contribution in [0.15, 0.2) is 53.4 Å². The summed E-state index contributed by atoms with van der Waals surface area (Å²) in [6.07, 6.45) is 0.405. The molecule has 9 nitrogen and oxygen atoms in total. The highest BCUT2D eigenvalue weighted by Crippen LogP contribution is 2.25. The molecule has 1 saturated heterocycles. The summed E-state index contributed by atoms with van der Waals surface area (Å²) in [5.41, 5.74) is 0.882. The highest BCUT2D eigenvalue weighted by Gasteiger charge is 2.33. The SMILES string of the molecule is COCCOC(=O)Nc1cccc(NC(=O)C2CCCN(S(=O)(=O)c3ccc(F)cc3)C2)c1. The Labute approximate surface area is 191 Å². The van der Waals surface area contributed by atoms with Crippen LogP contribution in [0.1, 0.15) is 12.8 Å². The number of halogens is 1. The average Bonchev–Trinajstić information content (AvgIpc) is 2.80. The summed E-state index contributed by atoms with van der Waals surface area (Å²) in [5, 5.41) is 5.34. The van der Waals surface area contributed by atoms with Crippen molar-refractivity contribution in [2.75, 3.05) is 44.0 Å². The van der Waals surface area contributed by atoms with Gasteiger partial charge in [-0.25, -0.2) is 17.6 Å². The zero-order valence-electron chi connectivity index (χ0n) is 18.1. The normalized spacial score (nSPS) is 16.7. The number of amides is 2. The lowest BCUT2D eigenvalue weighted by atomic mass is 9.98. The van der Waals surface area contributed by atoms with Crippen molar-refractivity contribution >= 4 is 33.4 Å². The molecular weight excluding hydrogens is 453 g/mol. The maximum Gasteiger partial charge on any atom is 0.411 e. The van der Waals surface area contributed by atoms with Gasteiger partial charge in [-0.1, -0.05) is 6.07 Å². The predicted molar refractivity (Wildman–Crippen MR) is 120 cm³/mol. The Morgan fingerprint density at radius 2 is 1.79 bits per heavy atom. The highest BCUT2D eigenvalue weighted by molar-refractivity contribution is 7.89. The third kappa shape index (κ3) is 6.73. The molecule has 2 N–H and O–H groups in total. The average molecular weight is 480 g/mol. The molecule has 1 atom stereocenters. The van der Waals surface area contributed by atoms with Gasteiger partial charge in [0.25, 0.3) is 0 Å². The first kappa shape index (κ1) is 24.6. The summed E-state index contributed by atoms with van der Waals surface area (Å²) in [6, 6.07) is 11.2.